The Morgan fingerprint density at radius 1 is 1.09 bits per heavy atom. The van der Waals surface area contributed by atoms with Gasteiger partial charge in [-0.15, -0.1) is 0 Å². The van der Waals surface area contributed by atoms with Gasteiger partial charge >= 0.3 is 0 Å². The lowest BCUT2D eigenvalue weighted by atomic mass is 9.69. The lowest BCUT2D eigenvalue weighted by Crippen LogP contribution is -2.69. The number of hydrogen-bond donors (Lipinski definition) is 0. The first kappa shape index (κ1) is 14.0. The van der Waals surface area contributed by atoms with E-state index in [1.165, 1.54) is 5.56 Å². The molecule has 5 heterocycles. The van der Waals surface area contributed by atoms with E-state index in [-0.39, 0.29) is 11.6 Å². The van der Waals surface area contributed by atoms with Gasteiger partial charge in [0.1, 0.15) is 6.04 Å². The molecule has 7 rings (SSSR count). The van der Waals surface area contributed by atoms with Gasteiger partial charge in [0.05, 0.1) is 5.54 Å². The van der Waals surface area contributed by atoms with Crippen LogP contribution in [0.3, 0.4) is 0 Å². The lowest BCUT2D eigenvalue weighted by Gasteiger charge is -2.52. The lowest BCUT2D eigenvalue weighted by molar-refractivity contribution is -0.149. The summed E-state index contributed by atoms with van der Waals surface area (Å²) in [5.41, 5.74) is 1.34. The maximum atomic E-state index is 13.4. The number of benzene rings is 1. The molecule has 23 heavy (non-hydrogen) atoms. The number of carbonyl (C=O) groups excluding carboxylic acids is 1. The summed E-state index contributed by atoms with van der Waals surface area (Å²) in [7, 11) is 0. The van der Waals surface area contributed by atoms with Crippen LogP contribution in [0.15, 0.2) is 30.3 Å². The Morgan fingerprint density at radius 3 is 2.57 bits per heavy atom. The highest BCUT2D eigenvalue weighted by atomic mass is 16.2. The SMILES string of the molecule is CC1CN2CCN1C(C(=O)N1CC3CC1(c1ccccc1)C3)C2. The van der Waals surface area contributed by atoms with Gasteiger partial charge in [0, 0.05) is 38.8 Å². The van der Waals surface area contributed by atoms with E-state index < -0.39 is 0 Å². The Kier molecular flexibility index (Phi) is 2.92. The molecule has 5 aliphatic heterocycles. The molecule has 0 N–H and O–H groups in total. The summed E-state index contributed by atoms with van der Waals surface area (Å²) in [6, 6.07) is 11.3. The smallest absolute Gasteiger partial charge is 0.242 e. The van der Waals surface area contributed by atoms with Crippen molar-refractivity contribution in [2.75, 3.05) is 32.7 Å². The fraction of sp³-hybridized carbons (Fsp3) is 0.632. The van der Waals surface area contributed by atoms with Crippen molar-refractivity contribution < 1.29 is 4.79 Å². The molecule has 5 saturated heterocycles. The Balaban J connectivity index is 1.44. The van der Waals surface area contributed by atoms with Crippen molar-refractivity contribution in [1.29, 1.82) is 0 Å². The van der Waals surface area contributed by atoms with Gasteiger partial charge in [-0.2, -0.15) is 0 Å². The van der Waals surface area contributed by atoms with Crippen LogP contribution < -0.4 is 0 Å². The second-order valence-corrected chi connectivity index (χ2v) is 7.98. The highest BCUT2D eigenvalue weighted by molar-refractivity contribution is 5.84. The maximum Gasteiger partial charge on any atom is 0.242 e. The molecule has 4 unspecified atom stereocenters. The van der Waals surface area contributed by atoms with Crippen LogP contribution in [0, 0.1) is 5.92 Å². The highest BCUT2D eigenvalue weighted by Gasteiger charge is 2.60. The number of carbonyl (C=O) groups is 1. The molecule has 122 valence electrons. The van der Waals surface area contributed by atoms with Crippen LogP contribution in [0.2, 0.25) is 0 Å². The monoisotopic (exact) mass is 311 g/mol. The second-order valence-electron chi connectivity index (χ2n) is 7.98. The quantitative estimate of drug-likeness (QED) is 0.829. The molecule has 4 bridgehead atoms. The summed E-state index contributed by atoms with van der Waals surface area (Å²) < 4.78 is 0. The van der Waals surface area contributed by atoms with Crippen molar-refractivity contribution in [2.24, 2.45) is 5.92 Å². The van der Waals surface area contributed by atoms with Crippen molar-refractivity contribution in [2.45, 2.75) is 37.4 Å². The first-order chi connectivity index (χ1) is 11.2. The van der Waals surface area contributed by atoms with Gasteiger partial charge in [-0.3, -0.25) is 14.6 Å². The summed E-state index contributed by atoms with van der Waals surface area (Å²) in [6.07, 6.45) is 2.32. The Morgan fingerprint density at radius 2 is 1.87 bits per heavy atom. The fourth-order valence-electron chi connectivity index (χ4n) is 5.54. The van der Waals surface area contributed by atoms with Crippen LogP contribution in [0.25, 0.3) is 0 Å². The van der Waals surface area contributed by atoms with Crippen molar-refractivity contribution >= 4 is 5.91 Å². The van der Waals surface area contributed by atoms with Crippen molar-refractivity contribution in [3.63, 3.8) is 0 Å². The summed E-state index contributed by atoms with van der Waals surface area (Å²) in [5.74, 6) is 1.10. The van der Waals surface area contributed by atoms with Gasteiger partial charge in [-0.25, -0.2) is 0 Å². The summed E-state index contributed by atoms with van der Waals surface area (Å²) in [4.78, 5) is 20.6. The van der Waals surface area contributed by atoms with E-state index in [0.717, 1.165) is 45.6 Å². The molecular formula is C19H25N3O. The van der Waals surface area contributed by atoms with E-state index in [4.69, 9.17) is 0 Å². The Hall–Kier alpha value is -1.39. The summed E-state index contributed by atoms with van der Waals surface area (Å²) in [5, 5.41) is 0. The Labute approximate surface area is 138 Å². The van der Waals surface area contributed by atoms with Crippen LogP contribution in [-0.2, 0) is 10.3 Å². The predicted octanol–water partition coefficient (Wildman–Crippen LogP) is 1.52. The molecule has 4 nitrogen and oxygen atoms in total. The van der Waals surface area contributed by atoms with Gasteiger partial charge in [0.2, 0.25) is 5.91 Å². The van der Waals surface area contributed by atoms with E-state index in [1.54, 1.807) is 0 Å². The van der Waals surface area contributed by atoms with Gasteiger partial charge in [-0.05, 0) is 31.2 Å². The zero-order valence-electron chi connectivity index (χ0n) is 13.8. The Bertz CT molecular complexity index is 625. The van der Waals surface area contributed by atoms with Crippen LogP contribution >= 0.6 is 0 Å². The second kappa shape index (κ2) is 4.81. The van der Waals surface area contributed by atoms with Crippen LogP contribution in [0.1, 0.15) is 25.3 Å². The third-order valence-electron chi connectivity index (χ3n) is 6.67. The largest absolute Gasteiger partial charge is 0.331 e. The molecule has 6 fully saturated rings. The summed E-state index contributed by atoms with van der Waals surface area (Å²) >= 11 is 0. The van der Waals surface area contributed by atoms with E-state index in [9.17, 15) is 4.79 Å². The van der Waals surface area contributed by atoms with Gasteiger partial charge < -0.3 is 4.90 Å². The predicted molar refractivity (Wildman–Crippen MR) is 89.0 cm³/mol. The molecule has 4 atom stereocenters. The molecule has 1 aliphatic carbocycles. The third kappa shape index (κ3) is 1.88. The summed E-state index contributed by atoms with van der Waals surface area (Å²) in [6.45, 7) is 7.45. The van der Waals surface area contributed by atoms with Crippen molar-refractivity contribution in [3.8, 4) is 0 Å². The van der Waals surface area contributed by atoms with Gasteiger partial charge in [-0.1, -0.05) is 30.3 Å². The minimum Gasteiger partial charge on any atom is -0.331 e. The third-order valence-corrected chi connectivity index (χ3v) is 6.67. The number of hydrogen-bond acceptors (Lipinski definition) is 3. The maximum absolute atomic E-state index is 13.4. The average molecular weight is 311 g/mol. The van der Waals surface area contributed by atoms with Gasteiger partial charge in [0.25, 0.3) is 0 Å². The molecular weight excluding hydrogens is 286 g/mol. The fourth-order valence-corrected chi connectivity index (χ4v) is 5.54. The minimum absolute atomic E-state index is 0.000603. The molecule has 0 spiro atoms. The number of nitrogens with zero attached hydrogens (tertiary/aromatic N) is 3. The number of piperazine rings is 3. The standard InChI is InChI=1S/C19H25N3O/c1-14-11-20-7-8-21(14)17(13-20)18(23)22-12-15-9-19(22,10-15)16-5-3-2-4-6-16/h2-6,14-15,17H,7-13H2,1H3. The molecule has 4 heteroatoms. The van der Waals surface area contributed by atoms with E-state index in [0.29, 0.717) is 17.9 Å². The molecule has 1 amide bonds. The first-order valence-corrected chi connectivity index (χ1v) is 9.02. The number of rotatable bonds is 2. The minimum atomic E-state index is -0.000603. The zero-order chi connectivity index (χ0) is 15.6. The molecule has 6 aliphatic rings. The molecule has 1 saturated carbocycles. The average Bonchev–Trinajstić information content (AvgIpc) is 3.11. The van der Waals surface area contributed by atoms with Crippen molar-refractivity contribution in [3.05, 3.63) is 35.9 Å². The van der Waals surface area contributed by atoms with Crippen LogP contribution in [-0.4, -0.2) is 65.4 Å². The zero-order valence-corrected chi connectivity index (χ0v) is 13.8. The molecule has 1 aromatic carbocycles. The number of fused-ring (bicyclic) bond motifs is 4. The molecule has 0 aromatic heterocycles. The van der Waals surface area contributed by atoms with Crippen molar-refractivity contribution in [1.82, 2.24) is 14.7 Å². The highest BCUT2D eigenvalue weighted by Crippen LogP contribution is 2.57. The molecule has 0 radical (unpaired) electrons. The first-order valence-electron chi connectivity index (χ1n) is 9.02. The number of amides is 1. The van der Waals surface area contributed by atoms with E-state index in [1.807, 2.05) is 0 Å². The van der Waals surface area contributed by atoms with Crippen LogP contribution in [0.4, 0.5) is 0 Å². The topological polar surface area (TPSA) is 26.8 Å². The van der Waals surface area contributed by atoms with E-state index >= 15 is 0 Å². The molecule has 1 aromatic rings. The normalized spacial score (nSPS) is 44.2. The van der Waals surface area contributed by atoms with E-state index in [2.05, 4.69) is 52.0 Å². The van der Waals surface area contributed by atoms with Gasteiger partial charge in [0.15, 0.2) is 0 Å². The van der Waals surface area contributed by atoms with Crippen LogP contribution in [0.5, 0.6) is 0 Å².